The zero-order chi connectivity index (χ0) is 9.97. The molecule has 74 valence electrons. The standard InChI is InChI=1S/C11H15N3/c1-9-8-11(13-10(2)12-9)14-6-4-3-5-7-14/h3-4,8H,5-7H2,1-2H3. The molecule has 1 aliphatic rings. The van der Waals surface area contributed by atoms with Crippen molar-refractivity contribution in [3.05, 3.63) is 29.7 Å². The first-order valence-electron chi connectivity index (χ1n) is 4.98. The molecule has 0 bridgehead atoms. The number of rotatable bonds is 1. The average Bonchev–Trinajstić information content (AvgIpc) is 2.18. The normalized spacial score (nSPS) is 16.0. The monoisotopic (exact) mass is 189 g/mol. The smallest absolute Gasteiger partial charge is 0.132 e. The molecule has 3 heteroatoms. The molecule has 1 aliphatic heterocycles. The van der Waals surface area contributed by atoms with Crippen LogP contribution in [0.2, 0.25) is 0 Å². The third kappa shape index (κ3) is 1.92. The van der Waals surface area contributed by atoms with Crippen LogP contribution in [0.1, 0.15) is 17.9 Å². The third-order valence-electron chi connectivity index (χ3n) is 2.33. The van der Waals surface area contributed by atoms with E-state index in [4.69, 9.17) is 0 Å². The van der Waals surface area contributed by atoms with Crippen LogP contribution in [0.3, 0.4) is 0 Å². The van der Waals surface area contributed by atoms with E-state index in [0.29, 0.717) is 0 Å². The third-order valence-corrected chi connectivity index (χ3v) is 2.33. The van der Waals surface area contributed by atoms with Gasteiger partial charge in [-0.15, -0.1) is 0 Å². The van der Waals surface area contributed by atoms with Crippen molar-refractivity contribution < 1.29 is 0 Å². The van der Waals surface area contributed by atoms with E-state index in [-0.39, 0.29) is 0 Å². The van der Waals surface area contributed by atoms with Crippen LogP contribution in [0.5, 0.6) is 0 Å². The van der Waals surface area contributed by atoms with Gasteiger partial charge < -0.3 is 4.90 Å². The van der Waals surface area contributed by atoms with Crippen molar-refractivity contribution in [2.45, 2.75) is 20.3 Å². The molecule has 2 rings (SSSR count). The molecule has 1 aromatic heterocycles. The van der Waals surface area contributed by atoms with Crippen LogP contribution in [-0.4, -0.2) is 23.1 Å². The number of aryl methyl sites for hydroxylation is 2. The van der Waals surface area contributed by atoms with Crippen molar-refractivity contribution in [2.24, 2.45) is 0 Å². The van der Waals surface area contributed by atoms with E-state index >= 15 is 0 Å². The zero-order valence-electron chi connectivity index (χ0n) is 8.70. The van der Waals surface area contributed by atoms with Crippen LogP contribution in [0, 0.1) is 13.8 Å². The van der Waals surface area contributed by atoms with Gasteiger partial charge in [-0.05, 0) is 20.3 Å². The second-order valence-corrected chi connectivity index (χ2v) is 3.62. The molecule has 0 radical (unpaired) electrons. The predicted octanol–water partition coefficient (Wildman–Crippen LogP) is 1.86. The Labute approximate surface area is 84.5 Å². The Morgan fingerprint density at radius 1 is 1.21 bits per heavy atom. The fraction of sp³-hybridized carbons (Fsp3) is 0.455. The van der Waals surface area contributed by atoms with Gasteiger partial charge in [-0.1, -0.05) is 12.2 Å². The molecule has 3 nitrogen and oxygen atoms in total. The minimum Gasteiger partial charge on any atom is -0.352 e. The van der Waals surface area contributed by atoms with Crippen LogP contribution >= 0.6 is 0 Å². The second-order valence-electron chi connectivity index (χ2n) is 3.62. The Kier molecular flexibility index (Phi) is 2.48. The van der Waals surface area contributed by atoms with E-state index in [2.05, 4.69) is 27.0 Å². The van der Waals surface area contributed by atoms with E-state index in [9.17, 15) is 0 Å². The molecule has 1 aromatic rings. The summed E-state index contributed by atoms with van der Waals surface area (Å²) in [5, 5.41) is 0. The average molecular weight is 189 g/mol. The largest absolute Gasteiger partial charge is 0.352 e. The number of hydrogen-bond acceptors (Lipinski definition) is 3. The van der Waals surface area contributed by atoms with Crippen LogP contribution in [0.15, 0.2) is 18.2 Å². The summed E-state index contributed by atoms with van der Waals surface area (Å²) < 4.78 is 0. The highest BCUT2D eigenvalue weighted by atomic mass is 15.2. The van der Waals surface area contributed by atoms with Crippen molar-refractivity contribution in [3.63, 3.8) is 0 Å². The van der Waals surface area contributed by atoms with Crippen LogP contribution in [0.25, 0.3) is 0 Å². The zero-order valence-corrected chi connectivity index (χ0v) is 8.70. The van der Waals surface area contributed by atoms with Gasteiger partial charge in [0, 0.05) is 24.8 Å². The molecule has 0 saturated heterocycles. The highest BCUT2D eigenvalue weighted by Gasteiger charge is 2.09. The fourth-order valence-corrected chi connectivity index (χ4v) is 1.71. The molecular formula is C11H15N3. The first-order valence-corrected chi connectivity index (χ1v) is 4.98. The van der Waals surface area contributed by atoms with E-state index in [1.165, 1.54) is 0 Å². The molecule has 0 aromatic carbocycles. The summed E-state index contributed by atoms with van der Waals surface area (Å²) in [5.41, 5.74) is 1.04. The number of hydrogen-bond donors (Lipinski definition) is 0. The summed E-state index contributed by atoms with van der Waals surface area (Å²) >= 11 is 0. The van der Waals surface area contributed by atoms with Gasteiger partial charge in [0.15, 0.2) is 0 Å². The van der Waals surface area contributed by atoms with Crippen molar-refractivity contribution in [2.75, 3.05) is 18.0 Å². The molecule has 0 atom stereocenters. The lowest BCUT2D eigenvalue weighted by molar-refractivity contribution is 0.795. The Bertz CT molecular complexity index is 337. The Morgan fingerprint density at radius 2 is 2.07 bits per heavy atom. The van der Waals surface area contributed by atoms with E-state index in [1.54, 1.807) is 0 Å². The minimum atomic E-state index is 0.856. The highest BCUT2D eigenvalue weighted by molar-refractivity contribution is 5.41. The second kappa shape index (κ2) is 3.78. The summed E-state index contributed by atoms with van der Waals surface area (Å²) in [6.07, 6.45) is 5.52. The van der Waals surface area contributed by atoms with E-state index in [0.717, 1.165) is 36.8 Å². The Balaban J connectivity index is 2.26. The highest BCUT2D eigenvalue weighted by Crippen LogP contribution is 2.14. The molecule has 2 heterocycles. The molecular weight excluding hydrogens is 174 g/mol. The van der Waals surface area contributed by atoms with Gasteiger partial charge in [0.1, 0.15) is 11.6 Å². The lowest BCUT2D eigenvalue weighted by Crippen LogP contribution is -2.28. The van der Waals surface area contributed by atoms with E-state index < -0.39 is 0 Å². The van der Waals surface area contributed by atoms with Gasteiger partial charge in [-0.3, -0.25) is 0 Å². The maximum absolute atomic E-state index is 4.44. The minimum absolute atomic E-state index is 0.856. The van der Waals surface area contributed by atoms with Gasteiger partial charge in [-0.2, -0.15) is 0 Å². The molecule has 0 fully saturated rings. The molecule has 14 heavy (non-hydrogen) atoms. The van der Waals surface area contributed by atoms with E-state index in [1.807, 2.05) is 19.9 Å². The SMILES string of the molecule is Cc1cc(N2CC=CCC2)nc(C)n1. The molecule has 0 amide bonds. The number of anilines is 1. The van der Waals surface area contributed by atoms with Crippen molar-refractivity contribution in [3.8, 4) is 0 Å². The summed E-state index contributed by atoms with van der Waals surface area (Å²) in [6.45, 7) is 5.98. The molecule has 0 unspecified atom stereocenters. The van der Waals surface area contributed by atoms with Gasteiger partial charge in [0.05, 0.1) is 0 Å². The Morgan fingerprint density at radius 3 is 2.71 bits per heavy atom. The molecule has 0 saturated carbocycles. The van der Waals surface area contributed by atoms with Crippen molar-refractivity contribution in [1.29, 1.82) is 0 Å². The topological polar surface area (TPSA) is 29.0 Å². The summed E-state index contributed by atoms with van der Waals surface area (Å²) in [4.78, 5) is 11.0. The van der Waals surface area contributed by atoms with Gasteiger partial charge in [0.25, 0.3) is 0 Å². The molecule has 0 spiro atoms. The maximum atomic E-state index is 4.44. The number of aromatic nitrogens is 2. The summed E-state index contributed by atoms with van der Waals surface area (Å²) in [5.74, 6) is 1.91. The van der Waals surface area contributed by atoms with Gasteiger partial charge in [-0.25, -0.2) is 9.97 Å². The van der Waals surface area contributed by atoms with Crippen LogP contribution in [-0.2, 0) is 0 Å². The van der Waals surface area contributed by atoms with Gasteiger partial charge >= 0.3 is 0 Å². The maximum Gasteiger partial charge on any atom is 0.132 e. The van der Waals surface area contributed by atoms with Crippen molar-refractivity contribution >= 4 is 5.82 Å². The first kappa shape index (κ1) is 9.19. The predicted molar refractivity (Wildman–Crippen MR) is 57.5 cm³/mol. The number of nitrogens with zero attached hydrogens (tertiary/aromatic N) is 3. The lowest BCUT2D eigenvalue weighted by Gasteiger charge is -2.24. The van der Waals surface area contributed by atoms with Crippen LogP contribution in [0.4, 0.5) is 5.82 Å². The lowest BCUT2D eigenvalue weighted by atomic mass is 10.2. The van der Waals surface area contributed by atoms with Crippen LogP contribution < -0.4 is 4.90 Å². The Hall–Kier alpha value is -1.38. The first-order chi connectivity index (χ1) is 6.75. The fourth-order valence-electron chi connectivity index (χ4n) is 1.71. The quantitative estimate of drug-likeness (QED) is 0.631. The molecule has 0 aliphatic carbocycles. The molecule has 0 N–H and O–H groups in total. The van der Waals surface area contributed by atoms with Crippen molar-refractivity contribution in [1.82, 2.24) is 9.97 Å². The van der Waals surface area contributed by atoms with Gasteiger partial charge in [0.2, 0.25) is 0 Å². The summed E-state index contributed by atoms with van der Waals surface area (Å²) in [7, 11) is 0. The summed E-state index contributed by atoms with van der Waals surface area (Å²) in [6, 6.07) is 2.05.